The molecule has 0 saturated heterocycles. The van der Waals surface area contributed by atoms with Gasteiger partial charge in [0.05, 0.1) is 0 Å². The molecule has 1 heterocycles. The standard InChI is InChI=1S/C10H8O3S2/c11-15(12,13)10-9(6-7-14-10)8-4-2-1-3-5-8/h1-7H,(H,11,12,13). The Morgan fingerprint density at radius 1 is 1.07 bits per heavy atom. The van der Waals surface area contributed by atoms with E-state index in [4.69, 9.17) is 4.55 Å². The van der Waals surface area contributed by atoms with Gasteiger partial charge in [-0.1, -0.05) is 30.3 Å². The second-order valence-corrected chi connectivity index (χ2v) is 5.50. The lowest BCUT2D eigenvalue weighted by Gasteiger charge is -2.00. The van der Waals surface area contributed by atoms with Crippen LogP contribution in [-0.2, 0) is 10.1 Å². The second-order valence-electron chi connectivity index (χ2n) is 2.96. The van der Waals surface area contributed by atoms with Crippen LogP contribution in [0, 0.1) is 0 Å². The Labute approximate surface area is 91.8 Å². The zero-order valence-corrected chi connectivity index (χ0v) is 9.25. The summed E-state index contributed by atoms with van der Waals surface area (Å²) >= 11 is 1.01. The molecule has 1 N–H and O–H groups in total. The maximum Gasteiger partial charge on any atom is 0.304 e. The molecule has 0 aliphatic heterocycles. The summed E-state index contributed by atoms with van der Waals surface area (Å²) in [5.41, 5.74) is 1.33. The molecule has 2 aromatic rings. The fourth-order valence-corrected chi connectivity index (χ4v) is 3.08. The molecule has 3 nitrogen and oxygen atoms in total. The first-order valence-corrected chi connectivity index (χ1v) is 6.51. The lowest BCUT2D eigenvalue weighted by molar-refractivity contribution is 0.486. The average Bonchev–Trinajstić information content (AvgIpc) is 2.67. The molecular weight excluding hydrogens is 232 g/mol. The van der Waals surface area contributed by atoms with E-state index in [0.717, 1.165) is 16.9 Å². The van der Waals surface area contributed by atoms with Gasteiger partial charge in [-0.15, -0.1) is 11.3 Å². The Kier molecular flexibility index (Phi) is 2.60. The Hall–Kier alpha value is -1.17. The van der Waals surface area contributed by atoms with Gasteiger partial charge in [0.15, 0.2) is 4.21 Å². The molecule has 0 atom stereocenters. The summed E-state index contributed by atoms with van der Waals surface area (Å²) in [5.74, 6) is 0. The molecule has 2 rings (SSSR count). The second kappa shape index (κ2) is 3.77. The van der Waals surface area contributed by atoms with Gasteiger partial charge in [0.1, 0.15) is 0 Å². The topological polar surface area (TPSA) is 54.4 Å². The van der Waals surface area contributed by atoms with Crippen LogP contribution in [0.15, 0.2) is 46.0 Å². The lowest BCUT2D eigenvalue weighted by Crippen LogP contribution is -1.96. The number of rotatable bonds is 2. The quantitative estimate of drug-likeness (QED) is 0.821. The molecule has 0 saturated carbocycles. The highest BCUT2D eigenvalue weighted by Gasteiger charge is 2.17. The maximum absolute atomic E-state index is 11.1. The lowest BCUT2D eigenvalue weighted by atomic mass is 10.1. The normalized spacial score (nSPS) is 11.5. The van der Waals surface area contributed by atoms with E-state index in [1.807, 2.05) is 18.2 Å². The van der Waals surface area contributed by atoms with Gasteiger partial charge < -0.3 is 0 Å². The van der Waals surface area contributed by atoms with Gasteiger partial charge in [0, 0.05) is 5.56 Å². The summed E-state index contributed by atoms with van der Waals surface area (Å²) in [6.45, 7) is 0. The van der Waals surface area contributed by atoms with E-state index in [2.05, 4.69) is 0 Å². The first kappa shape index (κ1) is 10.4. The van der Waals surface area contributed by atoms with Crippen molar-refractivity contribution in [3.8, 4) is 11.1 Å². The number of benzene rings is 1. The highest BCUT2D eigenvalue weighted by Crippen LogP contribution is 2.31. The van der Waals surface area contributed by atoms with Gasteiger partial charge in [-0.3, -0.25) is 4.55 Å². The zero-order chi connectivity index (χ0) is 10.9. The van der Waals surface area contributed by atoms with E-state index >= 15 is 0 Å². The molecule has 78 valence electrons. The van der Waals surface area contributed by atoms with Gasteiger partial charge in [-0.05, 0) is 17.0 Å². The number of thiophene rings is 1. The highest BCUT2D eigenvalue weighted by atomic mass is 32.3. The summed E-state index contributed by atoms with van der Waals surface area (Å²) in [6.07, 6.45) is 0. The van der Waals surface area contributed by atoms with Crippen molar-refractivity contribution < 1.29 is 13.0 Å². The van der Waals surface area contributed by atoms with E-state index in [1.165, 1.54) is 0 Å². The summed E-state index contributed by atoms with van der Waals surface area (Å²) in [5, 5.41) is 1.64. The average molecular weight is 240 g/mol. The zero-order valence-electron chi connectivity index (χ0n) is 7.62. The van der Waals surface area contributed by atoms with Gasteiger partial charge >= 0.3 is 10.1 Å². The van der Waals surface area contributed by atoms with E-state index in [-0.39, 0.29) is 4.21 Å². The van der Waals surface area contributed by atoms with Crippen molar-refractivity contribution >= 4 is 21.5 Å². The monoisotopic (exact) mass is 240 g/mol. The predicted octanol–water partition coefficient (Wildman–Crippen LogP) is 2.66. The molecule has 0 aliphatic carbocycles. The van der Waals surface area contributed by atoms with Gasteiger partial charge in [-0.2, -0.15) is 8.42 Å². The van der Waals surface area contributed by atoms with Crippen LogP contribution in [0.25, 0.3) is 11.1 Å². The van der Waals surface area contributed by atoms with Crippen LogP contribution in [0.1, 0.15) is 0 Å². The fourth-order valence-electron chi connectivity index (χ4n) is 1.33. The van der Waals surface area contributed by atoms with E-state index in [0.29, 0.717) is 5.56 Å². The SMILES string of the molecule is O=S(=O)(O)c1sccc1-c1ccccc1. The van der Waals surface area contributed by atoms with Crippen molar-refractivity contribution in [3.05, 3.63) is 41.8 Å². The first-order valence-electron chi connectivity index (χ1n) is 4.19. The summed E-state index contributed by atoms with van der Waals surface area (Å²) in [7, 11) is -4.12. The molecule has 0 bridgehead atoms. The first-order chi connectivity index (χ1) is 7.09. The third-order valence-corrected chi connectivity index (χ3v) is 4.26. The predicted molar refractivity (Wildman–Crippen MR) is 59.6 cm³/mol. The minimum Gasteiger partial charge on any atom is -0.281 e. The Morgan fingerprint density at radius 2 is 1.73 bits per heavy atom. The van der Waals surface area contributed by atoms with E-state index in [1.54, 1.807) is 23.6 Å². The minimum atomic E-state index is -4.12. The molecule has 0 radical (unpaired) electrons. The van der Waals surface area contributed by atoms with E-state index in [9.17, 15) is 8.42 Å². The third-order valence-electron chi connectivity index (χ3n) is 1.95. The van der Waals surface area contributed by atoms with Crippen LogP contribution in [0.4, 0.5) is 0 Å². The van der Waals surface area contributed by atoms with Gasteiger partial charge in [0.25, 0.3) is 0 Å². The van der Waals surface area contributed by atoms with Crippen molar-refractivity contribution in [2.24, 2.45) is 0 Å². The number of hydrogen-bond donors (Lipinski definition) is 1. The van der Waals surface area contributed by atoms with Crippen molar-refractivity contribution in [1.29, 1.82) is 0 Å². The van der Waals surface area contributed by atoms with Crippen LogP contribution in [0.3, 0.4) is 0 Å². The van der Waals surface area contributed by atoms with Crippen LogP contribution in [-0.4, -0.2) is 13.0 Å². The summed E-state index contributed by atoms with van der Waals surface area (Å²) < 4.78 is 31.1. The molecule has 0 spiro atoms. The smallest absolute Gasteiger partial charge is 0.281 e. The van der Waals surface area contributed by atoms with Crippen molar-refractivity contribution in [1.82, 2.24) is 0 Å². The molecule has 1 aromatic carbocycles. The summed E-state index contributed by atoms with van der Waals surface area (Å²) in [4.78, 5) is 0. The van der Waals surface area contributed by atoms with Crippen LogP contribution in [0.2, 0.25) is 0 Å². The third kappa shape index (κ3) is 2.09. The maximum atomic E-state index is 11.1. The van der Waals surface area contributed by atoms with Crippen LogP contribution < -0.4 is 0 Å². The molecular formula is C10H8O3S2. The summed E-state index contributed by atoms with van der Waals surface area (Å²) in [6, 6.07) is 10.8. The molecule has 1 aromatic heterocycles. The van der Waals surface area contributed by atoms with E-state index < -0.39 is 10.1 Å². The Balaban J connectivity index is 2.61. The van der Waals surface area contributed by atoms with Crippen molar-refractivity contribution in [2.45, 2.75) is 4.21 Å². The fraction of sp³-hybridized carbons (Fsp3) is 0. The number of hydrogen-bond acceptors (Lipinski definition) is 3. The van der Waals surface area contributed by atoms with Crippen LogP contribution in [0.5, 0.6) is 0 Å². The molecule has 5 heteroatoms. The van der Waals surface area contributed by atoms with Crippen molar-refractivity contribution in [3.63, 3.8) is 0 Å². The molecule has 15 heavy (non-hydrogen) atoms. The van der Waals surface area contributed by atoms with Crippen LogP contribution >= 0.6 is 11.3 Å². The van der Waals surface area contributed by atoms with Crippen molar-refractivity contribution in [2.75, 3.05) is 0 Å². The largest absolute Gasteiger partial charge is 0.304 e. The minimum absolute atomic E-state index is 0.00583. The molecule has 0 amide bonds. The molecule has 0 fully saturated rings. The van der Waals surface area contributed by atoms with Gasteiger partial charge in [0.2, 0.25) is 0 Å². The Bertz CT molecular complexity index is 555. The highest BCUT2D eigenvalue weighted by molar-refractivity contribution is 7.88. The Morgan fingerprint density at radius 3 is 2.33 bits per heavy atom. The van der Waals surface area contributed by atoms with Gasteiger partial charge in [-0.25, -0.2) is 0 Å². The molecule has 0 aliphatic rings. The molecule has 0 unspecified atom stereocenters.